The van der Waals surface area contributed by atoms with E-state index >= 15 is 0 Å². The molecule has 0 unspecified atom stereocenters. The van der Waals surface area contributed by atoms with Gasteiger partial charge in [0.15, 0.2) is 11.5 Å². The van der Waals surface area contributed by atoms with Gasteiger partial charge < -0.3 is 30.2 Å². The Morgan fingerprint density at radius 2 is 1.68 bits per heavy atom. The van der Waals surface area contributed by atoms with Gasteiger partial charge in [-0.05, 0) is 72.4 Å². The van der Waals surface area contributed by atoms with E-state index in [0.717, 1.165) is 23.1 Å². The minimum atomic E-state index is -0.575. The number of carbonyl (C=O) groups is 2. The Morgan fingerprint density at radius 1 is 0.976 bits per heavy atom. The largest absolute Gasteiger partial charge is 0.493 e. The highest BCUT2D eigenvalue weighted by Crippen LogP contribution is 2.50. The number of nitrogens with one attached hydrogen (secondary N) is 3. The van der Waals surface area contributed by atoms with Crippen LogP contribution in [0.2, 0.25) is 0 Å². The normalized spacial score (nSPS) is 14.8. The van der Waals surface area contributed by atoms with Crippen LogP contribution in [0.15, 0.2) is 29.1 Å². The van der Waals surface area contributed by atoms with E-state index in [1.54, 1.807) is 33.5 Å². The first-order valence-electron chi connectivity index (χ1n) is 14.3. The van der Waals surface area contributed by atoms with Crippen LogP contribution in [0.3, 0.4) is 0 Å². The summed E-state index contributed by atoms with van der Waals surface area (Å²) >= 11 is 0. The predicted octanol–water partition coefficient (Wildman–Crippen LogP) is 4.85. The van der Waals surface area contributed by atoms with Crippen LogP contribution in [0.1, 0.15) is 71.0 Å². The minimum Gasteiger partial charge on any atom is -0.493 e. The zero-order valence-corrected chi connectivity index (χ0v) is 25.6. The molecule has 41 heavy (non-hydrogen) atoms. The summed E-state index contributed by atoms with van der Waals surface area (Å²) in [7, 11) is 4.69. The summed E-state index contributed by atoms with van der Waals surface area (Å²) in [5, 5.41) is 9.27. The molecule has 0 heterocycles. The molecule has 2 aromatic rings. The van der Waals surface area contributed by atoms with Crippen LogP contribution in [-0.4, -0.2) is 45.7 Å². The Bertz CT molecular complexity index is 1310. The summed E-state index contributed by atoms with van der Waals surface area (Å²) in [6.07, 6.45) is 2.62. The molecule has 0 spiro atoms. The van der Waals surface area contributed by atoms with Crippen LogP contribution >= 0.6 is 0 Å². The number of methoxy groups -OCH3 is 3. The fraction of sp³-hybridized carbons (Fsp3) is 0.531. The van der Waals surface area contributed by atoms with Gasteiger partial charge in [0.25, 0.3) is 0 Å². The van der Waals surface area contributed by atoms with Crippen molar-refractivity contribution in [2.24, 2.45) is 11.8 Å². The third-order valence-electron chi connectivity index (χ3n) is 7.29. The molecule has 0 fully saturated rings. The summed E-state index contributed by atoms with van der Waals surface area (Å²) in [5.74, 6) is 1.85. The second-order valence-electron chi connectivity index (χ2n) is 11.4. The van der Waals surface area contributed by atoms with Gasteiger partial charge in [-0.1, -0.05) is 33.8 Å². The topological polar surface area (TPSA) is 115 Å². The molecular formula is C32H45N3O6. The molecule has 0 saturated heterocycles. The van der Waals surface area contributed by atoms with E-state index in [0.29, 0.717) is 60.2 Å². The Hall–Kier alpha value is -3.75. The molecule has 0 aromatic heterocycles. The van der Waals surface area contributed by atoms with Crippen molar-refractivity contribution in [2.45, 2.75) is 72.4 Å². The molecule has 1 aliphatic carbocycles. The molecule has 2 amide bonds. The molecule has 2 aromatic carbocycles. The number of aryl methyl sites for hydroxylation is 1. The lowest BCUT2D eigenvalue weighted by Gasteiger charge is -2.21. The van der Waals surface area contributed by atoms with E-state index < -0.39 is 12.1 Å². The Balaban J connectivity index is 2.18. The van der Waals surface area contributed by atoms with Crippen molar-refractivity contribution >= 4 is 17.5 Å². The second kappa shape index (κ2) is 14.2. The lowest BCUT2D eigenvalue weighted by atomic mass is 9.95. The molecule has 1 aliphatic rings. The lowest BCUT2D eigenvalue weighted by Crippen LogP contribution is -2.41. The number of benzene rings is 1. The van der Waals surface area contributed by atoms with Crippen molar-refractivity contribution in [2.75, 3.05) is 33.2 Å². The number of rotatable bonds is 12. The van der Waals surface area contributed by atoms with Crippen LogP contribution < -0.4 is 35.6 Å². The van der Waals surface area contributed by atoms with Crippen molar-refractivity contribution < 1.29 is 23.8 Å². The first-order chi connectivity index (χ1) is 19.5. The molecule has 0 bridgehead atoms. The van der Waals surface area contributed by atoms with E-state index in [-0.39, 0.29) is 23.2 Å². The minimum absolute atomic E-state index is 0.133. The number of hydrogen-bond acceptors (Lipinski definition) is 7. The number of ether oxygens (including phenoxy) is 3. The fourth-order valence-corrected chi connectivity index (χ4v) is 5.32. The third-order valence-corrected chi connectivity index (χ3v) is 7.29. The highest BCUT2D eigenvalue weighted by molar-refractivity contribution is 5.86. The molecule has 9 heteroatoms. The summed E-state index contributed by atoms with van der Waals surface area (Å²) in [6, 6.07) is 6.07. The van der Waals surface area contributed by atoms with Gasteiger partial charge in [0.1, 0.15) is 6.04 Å². The summed E-state index contributed by atoms with van der Waals surface area (Å²) in [5.41, 5.74) is 3.17. The SMILES string of the molecule is COc1cc2c(c(OC)c1OC)-c1ccc(N[C@@H](CC(C)C)C(=O)NCCC(C)C)c(=O)cc1[C@@H](NC(C)=O)CC2. The van der Waals surface area contributed by atoms with E-state index in [2.05, 4.69) is 29.8 Å². The number of hydrogen-bond donors (Lipinski definition) is 3. The van der Waals surface area contributed by atoms with Gasteiger partial charge in [0.05, 0.1) is 33.1 Å². The molecule has 2 atom stereocenters. The summed E-state index contributed by atoms with van der Waals surface area (Å²) in [6.45, 7) is 10.4. The van der Waals surface area contributed by atoms with E-state index in [1.165, 1.54) is 6.92 Å². The van der Waals surface area contributed by atoms with Gasteiger partial charge in [-0.25, -0.2) is 0 Å². The van der Waals surface area contributed by atoms with Gasteiger partial charge in [-0.3, -0.25) is 14.4 Å². The Labute approximate surface area is 243 Å². The first-order valence-corrected chi connectivity index (χ1v) is 14.3. The molecule has 3 rings (SSSR count). The molecule has 0 radical (unpaired) electrons. The molecule has 9 nitrogen and oxygen atoms in total. The third kappa shape index (κ3) is 7.71. The fourth-order valence-electron chi connectivity index (χ4n) is 5.32. The zero-order valence-electron chi connectivity index (χ0n) is 25.6. The smallest absolute Gasteiger partial charge is 0.242 e. The highest BCUT2D eigenvalue weighted by atomic mass is 16.5. The molecule has 0 saturated carbocycles. The average Bonchev–Trinajstić information content (AvgIpc) is 3.15. The Morgan fingerprint density at radius 3 is 2.27 bits per heavy atom. The van der Waals surface area contributed by atoms with E-state index in [9.17, 15) is 14.4 Å². The van der Waals surface area contributed by atoms with Crippen LogP contribution in [0.5, 0.6) is 17.2 Å². The van der Waals surface area contributed by atoms with Gasteiger partial charge >= 0.3 is 0 Å². The van der Waals surface area contributed by atoms with Gasteiger partial charge in [-0.15, -0.1) is 0 Å². The molecular weight excluding hydrogens is 522 g/mol. The number of fused-ring (bicyclic) bond motifs is 3. The number of anilines is 1. The van der Waals surface area contributed by atoms with Crippen molar-refractivity contribution in [1.82, 2.24) is 10.6 Å². The molecule has 0 aliphatic heterocycles. The maximum Gasteiger partial charge on any atom is 0.242 e. The van der Waals surface area contributed by atoms with Crippen LogP contribution in [0.4, 0.5) is 5.69 Å². The average molecular weight is 568 g/mol. The van der Waals surface area contributed by atoms with Crippen LogP contribution in [0, 0.1) is 11.8 Å². The van der Waals surface area contributed by atoms with Crippen molar-refractivity contribution in [3.8, 4) is 28.4 Å². The van der Waals surface area contributed by atoms with E-state index in [1.807, 2.05) is 26.0 Å². The summed E-state index contributed by atoms with van der Waals surface area (Å²) in [4.78, 5) is 39.0. The van der Waals surface area contributed by atoms with Crippen molar-refractivity contribution in [1.29, 1.82) is 0 Å². The summed E-state index contributed by atoms with van der Waals surface area (Å²) < 4.78 is 17.1. The maximum atomic E-state index is 13.7. The van der Waals surface area contributed by atoms with E-state index in [4.69, 9.17) is 14.2 Å². The predicted molar refractivity (Wildman–Crippen MR) is 162 cm³/mol. The quantitative estimate of drug-likeness (QED) is 0.336. The number of amides is 2. The maximum absolute atomic E-state index is 13.7. The van der Waals surface area contributed by atoms with Crippen molar-refractivity contribution in [3.05, 3.63) is 45.6 Å². The lowest BCUT2D eigenvalue weighted by molar-refractivity contribution is -0.122. The first kappa shape index (κ1) is 31.8. The zero-order chi connectivity index (χ0) is 30.3. The highest BCUT2D eigenvalue weighted by Gasteiger charge is 2.30. The van der Waals surface area contributed by atoms with Gasteiger partial charge in [0.2, 0.25) is 23.0 Å². The van der Waals surface area contributed by atoms with Crippen LogP contribution in [0.25, 0.3) is 11.1 Å². The number of carbonyl (C=O) groups excluding carboxylic acids is 2. The van der Waals surface area contributed by atoms with Gasteiger partial charge in [0, 0.05) is 19.0 Å². The Kier molecular flexibility index (Phi) is 11.0. The molecule has 224 valence electrons. The standard InChI is InChI=1S/C32H45N3O6/c1-18(2)13-14-33-32(38)26(15-19(3)4)35-25-12-10-22-23(17-27(25)37)24(34-20(5)36)11-9-21-16-28(39-6)30(40-7)31(41-8)29(21)22/h10,12,16-19,24,26H,9,11,13-15H2,1-8H3,(H,33,38)(H,34,36)(H,35,37)/t24-,26-/m0/s1. The van der Waals surface area contributed by atoms with Crippen molar-refractivity contribution in [3.63, 3.8) is 0 Å². The van der Waals surface area contributed by atoms with Crippen LogP contribution in [-0.2, 0) is 16.0 Å². The van der Waals surface area contributed by atoms with Gasteiger partial charge in [-0.2, -0.15) is 0 Å². The second-order valence-corrected chi connectivity index (χ2v) is 11.4. The molecule has 3 N–H and O–H groups in total. The monoisotopic (exact) mass is 567 g/mol.